The number of sulfonamides is 1. The quantitative estimate of drug-likeness (QED) is 0.188. The average Bonchev–Trinajstić information content (AvgIpc) is 2.89. The van der Waals surface area contributed by atoms with Crippen molar-refractivity contribution in [3.63, 3.8) is 0 Å². The number of nitrogens with one attached hydrogen (secondary N) is 1. The van der Waals surface area contributed by atoms with Crippen molar-refractivity contribution in [2.75, 3.05) is 25.1 Å². The standard InChI is InChI=1S/C27H29N3O7S/c1-18-7-11-22(12-8-18)38(33,34)30(23-14-19(2)6-9-20(23)3)17-26(31)29-28-16-21-10-13-24(25(15-21)35-4)37-27(32)36-5/h6-16H,17H2,1-5H3,(H,29,31)/b28-16-. The first-order valence-corrected chi connectivity index (χ1v) is 12.9. The Labute approximate surface area is 221 Å². The second kappa shape index (κ2) is 12.2. The van der Waals surface area contributed by atoms with Crippen LogP contribution in [0, 0.1) is 20.8 Å². The van der Waals surface area contributed by atoms with Crippen LogP contribution in [0.1, 0.15) is 22.3 Å². The largest absolute Gasteiger partial charge is 0.513 e. The number of aryl methyl sites for hydroxylation is 3. The third kappa shape index (κ3) is 6.88. The topological polar surface area (TPSA) is 124 Å². The molecule has 0 saturated carbocycles. The van der Waals surface area contributed by atoms with Crippen LogP contribution in [0.2, 0.25) is 0 Å². The number of nitrogens with zero attached hydrogens (tertiary/aromatic N) is 2. The zero-order valence-corrected chi connectivity index (χ0v) is 22.5. The van der Waals surface area contributed by atoms with E-state index in [1.807, 2.05) is 19.9 Å². The molecule has 3 rings (SSSR count). The molecule has 0 aliphatic carbocycles. The number of methoxy groups -OCH3 is 2. The summed E-state index contributed by atoms with van der Waals surface area (Å²) in [4.78, 5) is 24.3. The molecule has 0 radical (unpaired) electrons. The Balaban J connectivity index is 1.83. The van der Waals surface area contributed by atoms with Crippen LogP contribution >= 0.6 is 0 Å². The smallest absolute Gasteiger partial charge is 0.493 e. The monoisotopic (exact) mass is 539 g/mol. The van der Waals surface area contributed by atoms with E-state index in [2.05, 4.69) is 15.3 Å². The van der Waals surface area contributed by atoms with Crippen molar-refractivity contribution < 1.29 is 32.2 Å². The first kappa shape index (κ1) is 28.2. The lowest BCUT2D eigenvalue weighted by molar-refractivity contribution is -0.119. The third-order valence-electron chi connectivity index (χ3n) is 5.48. The third-order valence-corrected chi connectivity index (χ3v) is 7.25. The maximum Gasteiger partial charge on any atom is 0.513 e. The number of carbonyl (C=O) groups excluding carboxylic acids is 2. The molecule has 38 heavy (non-hydrogen) atoms. The summed E-state index contributed by atoms with van der Waals surface area (Å²) in [6, 6.07) is 16.4. The van der Waals surface area contributed by atoms with E-state index in [0.717, 1.165) is 15.4 Å². The second-order valence-electron chi connectivity index (χ2n) is 8.37. The maximum atomic E-state index is 13.6. The molecular weight excluding hydrogens is 510 g/mol. The Morgan fingerprint density at radius 1 is 0.921 bits per heavy atom. The molecule has 0 bridgehead atoms. The maximum absolute atomic E-state index is 13.6. The molecule has 0 saturated heterocycles. The molecule has 0 aliphatic rings. The van der Waals surface area contributed by atoms with E-state index in [9.17, 15) is 18.0 Å². The van der Waals surface area contributed by atoms with Gasteiger partial charge in [-0.1, -0.05) is 29.8 Å². The van der Waals surface area contributed by atoms with Crippen molar-refractivity contribution in [2.45, 2.75) is 25.7 Å². The predicted octanol–water partition coefficient (Wildman–Crippen LogP) is 4.11. The summed E-state index contributed by atoms with van der Waals surface area (Å²) in [6.45, 7) is 5.00. The number of benzene rings is 3. The highest BCUT2D eigenvalue weighted by molar-refractivity contribution is 7.92. The van der Waals surface area contributed by atoms with Crippen molar-refractivity contribution in [1.82, 2.24) is 5.43 Å². The van der Waals surface area contributed by atoms with Gasteiger partial charge in [-0.15, -0.1) is 0 Å². The van der Waals surface area contributed by atoms with Crippen LogP contribution < -0.4 is 19.2 Å². The summed E-state index contributed by atoms with van der Waals surface area (Å²) in [5.41, 5.74) is 5.75. The molecule has 10 nitrogen and oxygen atoms in total. The van der Waals surface area contributed by atoms with Crippen LogP contribution in [0.15, 0.2) is 70.7 Å². The van der Waals surface area contributed by atoms with Crippen LogP contribution in [0.4, 0.5) is 10.5 Å². The second-order valence-corrected chi connectivity index (χ2v) is 10.2. The van der Waals surface area contributed by atoms with E-state index in [-0.39, 0.29) is 16.4 Å². The summed E-state index contributed by atoms with van der Waals surface area (Å²) < 4.78 is 42.9. The Hall–Kier alpha value is -4.38. The van der Waals surface area contributed by atoms with Crippen molar-refractivity contribution in [1.29, 1.82) is 0 Å². The minimum absolute atomic E-state index is 0.0710. The predicted molar refractivity (Wildman–Crippen MR) is 143 cm³/mol. The molecule has 0 heterocycles. The molecular formula is C27H29N3O7S. The van der Waals surface area contributed by atoms with Crippen molar-refractivity contribution in [2.24, 2.45) is 5.10 Å². The number of hydrazone groups is 1. The van der Waals surface area contributed by atoms with Gasteiger partial charge >= 0.3 is 6.16 Å². The molecule has 0 spiro atoms. The van der Waals surface area contributed by atoms with E-state index in [1.165, 1.54) is 44.7 Å². The molecule has 0 unspecified atom stereocenters. The zero-order chi connectivity index (χ0) is 27.9. The lowest BCUT2D eigenvalue weighted by Gasteiger charge is -2.25. The lowest BCUT2D eigenvalue weighted by Crippen LogP contribution is -2.40. The summed E-state index contributed by atoms with van der Waals surface area (Å²) in [5, 5.41) is 3.94. The van der Waals surface area contributed by atoms with Crippen LogP contribution in [0.3, 0.4) is 0 Å². The van der Waals surface area contributed by atoms with Crippen LogP contribution in [0.5, 0.6) is 11.5 Å². The minimum atomic E-state index is -4.06. The average molecular weight is 540 g/mol. The Morgan fingerprint density at radius 3 is 2.26 bits per heavy atom. The van der Waals surface area contributed by atoms with Gasteiger partial charge in [0, 0.05) is 0 Å². The summed E-state index contributed by atoms with van der Waals surface area (Å²) in [5.74, 6) is -0.252. The van der Waals surface area contributed by atoms with Gasteiger partial charge in [-0.3, -0.25) is 9.10 Å². The van der Waals surface area contributed by atoms with Gasteiger partial charge in [0.25, 0.3) is 15.9 Å². The molecule has 0 aromatic heterocycles. The van der Waals surface area contributed by atoms with Crippen molar-refractivity contribution in [3.8, 4) is 11.5 Å². The Morgan fingerprint density at radius 2 is 1.61 bits per heavy atom. The molecule has 0 atom stereocenters. The first-order chi connectivity index (χ1) is 18.0. The zero-order valence-electron chi connectivity index (χ0n) is 21.7. The van der Waals surface area contributed by atoms with Gasteiger partial charge < -0.3 is 14.2 Å². The summed E-state index contributed by atoms with van der Waals surface area (Å²) in [7, 11) is -1.47. The van der Waals surface area contributed by atoms with E-state index in [0.29, 0.717) is 16.8 Å². The number of hydrogen-bond donors (Lipinski definition) is 1. The molecule has 0 fully saturated rings. The highest BCUT2D eigenvalue weighted by Gasteiger charge is 2.28. The van der Waals surface area contributed by atoms with Crippen molar-refractivity contribution in [3.05, 3.63) is 82.9 Å². The normalized spacial score (nSPS) is 11.2. The minimum Gasteiger partial charge on any atom is -0.493 e. The highest BCUT2D eigenvalue weighted by Crippen LogP contribution is 2.29. The van der Waals surface area contributed by atoms with Gasteiger partial charge in [-0.2, -0.15) is 5.10 Å². The number of hydrogen-bond acceptors (Lipinski definition) is 8. The number of anilines is 1. The molecule has 0 aliphatic heterocycles. The van der Waals surface area contributed by atoms with Gasteiger partial charge in [0.15, 0.2) is 11.5 Å². The fourth-order valence-corrected chi connectivity index (χ4v) is 4.93. The van der Waals surface area contributed by atoms with E-state index >= 15 is 0 Å². The van der Waals surface area contributed by atoms with Gasteiger partial charge in [0.1, 0.15) is 6.54 Å². The number of rotatable bonds is 9. The molecule has 11 heteroatoms. The number of ether oxygens (including phenoxy) is 3. The van der Waals surface area contributed by atoms with E-state index < -0.39 is 28.6 Å². The van der Waals surface area contributed by atoms with Crippen LogP contribution in [-0.4, -0.2) is 47.5 Å². The SMILES string of the molecule is COC(=O)Oc1ccc(/C=N\NC(=O)CN(c2cc(C)ccc2C)S(=O)(=O)c2ccc(C)cc2)cc1OC. The molecule has 3 aromatic rings. The fraction of sp³-hybridized carbons (Fsp3) is 0.222. The molecule has 1 N–H and O–H groups in total. The highest BCUT2D eigenvalue weighted by atomic mass is 32.2. The van der Waals surface area contributed by atoms with Crippen LogP contribution in [-0.2, 0) is 19.6 Å². The lowest BCUT2D eigenvalue weighted by atomic mass is 10.1. The molecule has 3 aromatic carbocycles. The van der Waals surface area contributed by atoms with E-state index in [1.54, 1.807) is 37.3 Å². The fourth-order valence-electron chi connectivity index (χ4n) is 3.45. The van der Waals surface area contributed by atoms with Gasteiger partial charge in [0.2, 0.25) is 0 Å². The number of amides is 1. The Bertz CT molecular complexity index is 1450. The van der Waals surface area contributed by atoms with Crippen molar-refractivity contribution >= 4 is 34.0 Å². The van der Waals surface area contributed by atoms with Gasteiger partial charge in [-0.05, 0) is 73.9 Å². The van der Waals surface area contributed by atoms with Gasteiger partial charge in [0.05, 0.1) is 31.0 Å². The molecule has 1 amide bonds. The van der Waals surface area contributed by atoms with Crippen LogP contribution in [0.25, 0.3) is 0 Å². The Kier molecular flexibility index (Phi) is 9.08. The molecule has 200 valence electrons. The first-order valence-electron chi connectivity index (χ1n) is 11.5. The van der Waals surface area contributed by atoms with E-state index in [4.69, 9.17) is 9.47 Å². The summed E-state index contributed by atoms with van der Waals surface area (Å²) in [6.07, 6.45) is 0.449. The number of carbonyl (C=O) groups is 2. The van der Waals surface area contributed by atoms with Gasteiger partial charge in [-0.25, -0.2) is 18.6 Å². The summed E-state index contributed by atoms with van der Waals surface area (Å²) >= 11 is 0.